The molecule has 27 heavy (non-hydrogen) atoms. The fourth-order valence-electron chi connectivity index (χ4n) is 4.74. The predicted octanol–water partition coefficient (Wildman–Crippen LogP) is 1.59. The second kappa shape index (κ2) is 5.65. The van der Waals surface area contributed by atoms with E-state index in [1.807, 2.05) is 30.3 Å². The van der Waals surface area contributed by atoms with Crippen molar-refractivity contribution < 1.29 is 14.4 Å². The molecule has 0 aromatic heterocycles. The van der Waals surface area contributed by atoms with Crippen molar-refractivity contribution in [1.29, 1.82) is 0 Å². The molecule has 0 aliphatic carbocycles. The van der Waals surface area contributed by atoms with Crippen LogP contribution in [-0.2, 0) is 26.3 Å². The maximum atomic E-state index is 13.1. The maximum Gasteiger partial charge on any atom is 0.250 e. The van der Waals surface area contributed by atoms with Crippen molar-refractivity contribution in [2.45, 2.75) is 18.0 Å². The summed E-state index contributed by atoms with van der Waals surface area (Å²) in [4.78, 5) is 38.3. The van der Waals surface area contributed by atoms with Gasteiger partial charge in [0.05, 0.1) is 11.8 Å². The van der Waals surface area contributed by atoms with Crippen LogP contribution < -0.4 is 16.0 Å². The van der Waals surface area contributed by atoms with Crippen LogP contribution in [0, 0.1) is 11.8 Å². The summed E-state index contributed by atoms with van der Waals surface area (Å²) in [6.45, 7) is 0. The van der Waals surface area contributed by atoms with E-state index in [0.717, 1.165) is 5.56 Å². The van der Waals surface area contributed by atoms with E-state index in [1.165, 1.54) is 0 Å². The normalized spacial score (nSPS) is 31.0. The van der Waals surface area contributed by atoms with E-state index in [1.54, 1.807) is 18.2 Å². The molecule has 3 N–H and O–H groups in total. The van der Waals surface area contributed by atoms with Crippen LogP contribution in [0.5, 0.6) is 0 Å². The summed E-state index contributed by atoms with van der Waals surface area (Å²) in [7, 11) is 0. The Morgan fingerprint density at radius 1 is 0.963 bits per heavy atom. The average molecular weight is 382 g/mol. The molecule has 2 aromatic rings. The molecule has 4 atom stereocenters. The van der Waals surface area contributed by atoms with Crippen LogP contribution in [0.3, 0.4) is 0 Å². The van der Waals surface area contributed by atoms with E-state index in [9.17, 15) is 14.4 Å². The Morgan fingerprint density at radius 3 is 2.52 bits per heavy atom. The number of fused-ring (bicyclic) bond motifs is 4. The Kier molecular flexibility index (Phi) is 3.44. The van der Waals surface area contributed by atoms with Gasteiger partial charge in [-0.2, -0.15) is 0 Å². The van der Waals surface area contributed by atoms with Gasteiger partial charge in [0.25, 0.3) is 0 Å². The van der Waals surface area contributed by atoms with E-state index < -0.39 is 23.3 Å². The number of carbonyl (C=O) groups is 3. The van der Waals surface area contributed by atoms with Gasteiger partial charge in [-0.05, 0) is 30.2 Å². The van der Waals surface area contributed by atoms with Crippen LogP contribution in [0.25, 0.3) is 0 Å². The first-order valence-electron chi connectivity index (χ1n) is 8.78. The van der Waals surface area contributed by atoms with E-state index >= 15 is 0 Å². The van der Waals surface area contributed by atoms with E-state index in [2.05, 4.69) is 16.0 Å². The highest BCUT2D eigenvalue weighted by molar-refractivity contribution is 6.31. The number of hydrogen-bond acceptors (Lipinski definition) is 4. The van der Waals surface area contributed by atoms with E-state index in [4.69, 9.17) is 11.6 Å². The number of carbonyl (C=O) groups excluding carboxylic acids is 3. The van der Waals surface area contributed by atoms with Crippen molar-refractivity contribution in [1.82, 2.24) is 10.6 Å². The Bertz CT molecular complexity index is 993. The molecule has 2 fully saturated rings. The minimum Gasteiger partial charge on any atom is -0.324 e. The zero-order chi connectivity index (χ0) is 18.8. The molecule has 2 aromatic carbocycles. The van der Waals surface area contributed by atoms with Crippen molar-refractivity contribution in [2.24, 2.45) is 11.8 Å². The van der Waals surface area contributed by atoms with Gasteiger partial charge in [-0.15, -0.1) is 0 Å². The van der Waals surface area contributed by atoms with Gasteiger partial charge in [-0.3, -0.25) is 25.0 Å². The monoisotopic (exact) mass is 381 g/mol. The smallest absolute Gasteiger partial charge is 0.250 e. The molecule has 3 aliphatic heterocycles. The van der Waals surface area contributed by atoms with Gasteiger partial charge in [-0.1, -0.05) is 41.9 Å². The Labute approximate surface area is 160 Å². The summed E-state index contributed by atoms with van der Waals surface area (Å²) in [5.74, 6) is -2.50. The number of halogens is 1. The third-order valence-corrected chi connectivity index (χ3v) is 6.05. The highest BCUT2D eigenvalue weighted by Gasteiger charge is 2.68. The molecule has 3 heterocycles. The Hall–Kier alpha value is -2.70. The summed E-state index contributed by atoms with van der Waals surface area (Å²) in [5.41, 5.74) is 0.974. The van der Waals surface area contributed by atoms with Gasteiger partial charge < -0.3 is 5.32 Å². The van der Waals surface area contributed by atoms with Crippen molar-refractivity contribution in [3.8, 4) is 0 Å². The van der Waals surface area contributed by atoms with Crippen LogP contribution in [0.2, 0.25) is 5.02 Å². The first kappa shape index (κ1) is 16.5. The fraction of sp³-hybridized carbons (Fsp3) is 0.250. The molecule has 6 nitrogen and oxygen atoms in total. The van der Waals surface area contributed by atoms with Crippen LogP contribution in [0.15, 0.2) is 48.5 Å². The van der Waals surface area contributed by atoms with Gasteiger partial charge in [-0.25, -0.2) is 0 Å². The summed E-state index contributed by atoms with van der Waals surface area (Å²) in [6.07, 6.45) is 0.535. The summed E-state index contributed by atoms with van der Waals surface area (Å²) < 4.78 is 0. The first-order valence-corrected chi connectivity index (χ1v) is 9.16. The molecule has 0 saturated carbocycles. The van der Waals surface area contributed by atoms with Gasteiger partial charge >= 0.3 is 0 Å². The molecule has 7 heteroatoms. The minimum atomic E-state index is -1.29. The molecule has 0 unspecified atom stereocenters. The molecular formula is C20H16ClN3O3. The predicted molar refractivity (Wildman–Crippen MR) is 99.0 cm³/mol. The third-order valence-electron chi connectivity index (χ3n) is 5.82. The zero-order valence-corrected chi connectivity index (χ0v) is 14.9. The molecule has 1 spiro atoms. The second-order valence-electron chi connectivity index (χ2n) is 7.25. The van der Waals surface area contributed by atoms with E-state index in [0.29, 0.717) is 22.7 Å². The Morgan fingerprint density at radius 2 is 1.74 bits per heavy atom. The van der Waals surface area contributed by atoms with Gasteiger partial charge in [0, 0.05) is 22.3 Å². The molecule has 136 valence electrons. The lowest BCUT2D eigenvalue weighted by atomic mass is 9.76. The molecule has 5 rings (SSSR count). The van der Waals surface area contributed by atoms with Crippen LogP contribution >= 0.6 is 11.6 Å². The van der Waals surface area contributed by atoms with E-state index in [-0.39, 0.29) is 17.9 Å². The van der Waals surface area contributed by atoms with Crippen molar-refractivity contribution >= 4 is 35.0 Å². The maximum absolute atomic E-state index is 13.1. The number of benzene rings is 2. The SMILES string of the molecule is O=C1NC(=O)[C@H]2[C@H]1[C@@H](Cc1ccccc1)N[C@@]21C(=O)Nc2ccc(Cl)cc21. The Balaban J connectivity index is 1.64. The number of amides is 3. The summed E-state index contributed by atoms with van der Waals surface area (Å²) >= 11 is 6.17. The first-order chi connectivity index (χ1) is 13.0. The number of anilines is 1. The molecule has 0 radical (unpaired) electrons. The van der Waals surface area contributed by atoms with Crippen molar-refractivity contribution in [3.05, 3.63) is 64.7 Å². The average Bonchev–Trinajstić information content (AvgIpc) is 3.23. The van der Waals surface area contributed by atoms with Crippen molar-refractivity contribution in [3.63, 3.8) is 0 Å². The standard InChI is InChI=1S/C20H16ClN3O3/c21-11-6-7-13-12(9-11)20(19(27)22-13)16-15(17(25)23-18(16)26)14(24-20)8-10-4-2-1-3-5-10/h1-7,9,14-16,24H,8H2,(H,22,27)(H,23,25,26)/t14-,15-,16-,20-/m1/s1. The highest BCUT2D eigenvalue weighted by Crippen LogP contribution is 2.51. The number of hydrogen-bond donors (Lipinski definition) is 3. The number of rotatable bonds is 2. The fourth-order valence-corrected chi connectivity index (χ4v) is 4.92. The van der Waals surface area contributed by atoms with Crippen LogP contribution in [0.1, 0.15) is 11.1 Å². The zero-order valence-electron chi connectivity index (χ0n) is 14.2. The lowest BCUT2D eigenvalue weighted by molar-refractivity contribution is -0.132. The summed E-state index contributed by atoms with van der Waals surface area (Å²) in [6, 6.07) is 14.5. The topological polar surface area (TPSA) is 87.3 Å². The lowest BCUT2D eigenvalue weighted by Crippen LogP contribution is -2.53. The van der Waals surface area contributed by atoms with Crippen molar-refractivity contribution in [2.75, 3.05) is 5.32 Å². The van der Waals surface area contributed by atoms with Crippen LogP contribution in [-0.4, -0.2) is 23.8 Å². The van der Waals surface area contributed by atoms with Gasteiger partial charge in [0.1, 0.15) is 5.54 Å². The third kappa shape index (κ3) is 2.20. The van der Waals surface area contributed by atoms with Crippen LogP contribution in [0.4, 0.5) is 5.69 Å². The largest absolute Gasteiger partial charge is 0.324 e. The molecule has 3 aliphatic rings. The molecule has 0 bridgehead atoms. The van der Waals surface area contributed by atoms with Gasteiger partial charge in [0.15, 0.2) is 0 Å². The molecule has 2 saturated heterocycles. The number of imide groups is 1. The highest BCUT2D eigenvalue weighted by atomic mass is 35.5. The molecule has 3 amide bonds. The lowest BCUT2D eigenvalue weighted by Gasteiger charge is -2.28. The summed E-state index contributed by atoms with van der Waals surface area (Å²) in [5, 5.41) is 9.09. The molecular weight excluding hydrogens is 366 g/mol. The number of nitrogens with one attached hydrogen (secondary N) is 3. The van der Waals surface area contributed by atoms with Gasteiger partial charge in [0.2, 0.25) is 17.7 Å². The second-order valence-corrected chi connectivity index (χ2v) is 7.69. The quantitative estimate of drug-likeness (QED) is 0.689. The minimum absolute atomic E-state index is 0.324.